The molecule has 0 aromatic heterocycles. The summed E-state index contributed by atoms with van der Waals surface area (Å²) in [5, 5.41) is 1.21. The second-order valence-electron chi connectivity index (χ2n) is 11.8. The molecular weight excluding hydrogens is 615 g/mol. The van der Waals surface area contributed by atoms with Crippen LogP contribution in [0.2, 0.25) is 0 Å². The SMILES string of the molecule is [2H]c1c([2H])c(N(c2ccc(-c3ccc4ccccc4c3-c3ccccc3)cc2)c2c([2H])c([2H])c(-c3c([2H])c([2H])c4c([2H])c([2H])c([2H])c([2H])c4c3[2H])c([2H])c2[2H])c([2H])c([2H])c1-c1ccccc1. The Morgan fingerprint density at radius 2 is 0.902 bits per heavy atom. The molecule has 1 nitrogen and oxygen atoms in total. The molecule has 9 aromatic carbocycles. The van der Waals surface area contributed by atoms with Crippen molar-refractivity contribution in [3.63, 3.8) is 0 Å². The van der Waals surface area contributed by atoms with Gasteiger partial charge in [0, 0.05) is 17.1 Å². The van der Waals surface area contributed by atoms with E-state index in [2.05, 4.69) is 0 Å². The van der Waals surface area contributed by atoms with Crippen LogP contribution < -0.4 is 4.90 Å². The van der Waals surface area contributed by atoms with Crippen molar-refractivity contribution in [3.05, 3.63) is 212 Å². The summed E-state index contributed by atoms with van der Waals surface area (Å²) in [5.74, 6) is 0. The Morgan fingerprint density at radius 3 is 1.59 bits per heavy atom. The van der Waals surface area contributed by atoms with Crippen molar-refractivity contribution in [2.75, 3.05) is 4.90 Å². The lowest BCUT2D eigenvalue weighted by molar-refractivity contribution is 1.28. The standard InChI is InChI=1S/C50H35N/c1-3-11-36(12-4-1)38-21-28-45(29-22-38)51(46-30-23-39(24-31-46)44-20-19-37-13-7-8-17-43(37)35-44)47-32-25-41(26-33-47)49-34-27-40-14-9-10-18-48(40)50(49)42-15-5-2-6-16-42/h1-35H/i7D,8D,13D,17D,19D,20D,21D,22D,23D,24D,28D,29D,30D,31D,35D. The number of nitrogens with zero attached hydrogens (tertiary/aromatic N) is 1. The molecule has 0 bridgehead atoms. The summed E-state index contributed by atoms with van der Waals surface area (Å²) in [4.78, 5) is 1.15. The van der Waals surface area contributed by atoms with Gasteiger partial charge in [0.05, 0.1) is 20.6 Å². The highest BCUT2D eigenvalue weighted by Crippen LogP contribution is 2.41. The first-order valence-corrected chi connectivity index (χ1v) is 16.3. The summed E-state index contributed by atoms with van der Waals surface area (Å²) in [7, 11) is 0. The van der Waals surface area contributed by atoms with Crippen LogP contribution in [0.1, 0.15) is 20.6 Å². The van der Waals surface area contributed by atoms with Crippen LogP contribution in [0.5, 0.6) is 0 Å². The van der Waals surface area contributed by atoms with Gasteiger partial charge in [-0.05, 0) is 108 Å². The molecule has 0 fully saturated rings. The molecule has 0 atom stereocenters. The smallest absolute Gasteiger partial charge is 0.0645 e. The molecule has 0 N–H and O–H groups in total. The van der Waals surface area contributed by atoms with E-state index < -0.39 is 118 Å². The van der Waals surface area contributed by atoms with Gasteiger partial charge >= 0.3 is 0 Å². The van der Waals surface area contributed by atoms with Crippen molar-refractivity contribution in [1.82, 2.24) is 0 Å². The fourth-order valence-corrected chi connectivity index (χ4v) is 6.20. The van der Waals surface area contributed by atoms with Crippen molar-refractivity contribution >= 4 is 38.6 Å². The van der Waals surface area contributed by atoms with E-state index >= 15 is 0 Å². The third-order valence-electron chi connectivity index (χ3n) is 8.66. The Labute approximate surface area is 320 Å². The topological polar surface area (TPSA) is 3.24 Å². The van der Waals surface area contributed by atoms with Crippen LogP contribution in [-0.2, 0) is 0 Å². The predicted molar refractivity (Wildman–Crippen MR) is 218 cm³/mol. The van der Waals surface area contributed by atoms with Crippen molar-refractivity contribution in [2.45, 2.75) is 0 Å². The van der Waals surface area contributed by atoms with Gasteiger partial charge in [0.15, 0.2) is 0 Å². The first kappa shape index (κ1) is 18.3. The maximum Gasteiger partial charge on any atom is 0.0645 e. The van der Waals surface area contributed by atoms with Gasteiger partial charge in [-0.1, -0.05) is 170 Å². The Balaban J connectivity index is 1.31. The van der Waals surface area contributed by atoms with Crippen LogP contribution in [0.15, 0.2) is 212 Å². The van der Waals surface area contributed by atoms with Crippen molar-refractivity contribution in [1.29, 1.82) is 0 Å². The average molecular weight is 665 g/mol. The minimum atomic E-state index is -0.783. The molecule has 0 saturated carbocycles. The number of anilines is 3. The van der Waals surface area contributed by atoms with E-state index in [4.69, 9.17) is 9.60 Å². The monoisotopic (exact) mass is 664 g/mol. The summed E-state index contributed by atoms with van der Waals surface area (Å²) >= 11 is 0. The molecule has 0 aliphatic carbocycles. The van der Waals surface area contributed by atoms with Crippen LogP contribution >= 0.6 is 0 Å². The van der Waals surface area contributed by atoms with Crippen LogP contribution in [0.4, 0.5) is 17.1 Å². The zero-order valence-corrected chi connectivity index (χ0v) is 27.0. The molecule has 0 unspecified atom stereocenters. The summed E-state index contributed by atoms with van der Waals surface area (Å²) < 4.78 is 135. The fraction of sp³-hybridized carbons (Fsp3) is 0. The lowest BCUT2D eigenvalue weighted by atomic mass is 9.90. The molecule has 9 rings (SSSR count). The molecule has 0 heterocycles. The minimum Gasteiger partial charge on any atom is -0.311 e. The Kier molecular flexibility index (Phi) is 4.79. The highest BCUT2D eigenvalue weighted by Gasteiger charge is 2.16. The summed E-state index contributed by atoms with van der Waals surface area (Å²) in [6.07, 6.45) is 0. The third kappa shape index (κ3) is 5.96. The summed E-state index contributed by atoms with van der Waals surface area (Å²) in [5.41, 5.74) is 2.15. The van der Waals surface area contributed by atoms with E-state index in [1.54, 1.807) is 54.6 Å². The first-order valence-electron chi connectivity index (χ1n) is 23.8. The van der Waals surface area contributed by atoms with Crippen molar-refractivity contribution in [3.8, 4) is 44.5 Å². The van der Waals surface area contributed by atoms with E-state index in [0.717, 1.165) is 37.9 Å². The zero-order chi connectivity index (χ0) is 47.0. The van der Waals surface area contributed by atoms with E-state index in [1.807, 2.05) is 66.7 Å². The Hall–Kier alpha value is -6.70. The summed E-state index contributed by atoms with van der Waals surface area (Å²) in [6.45, 7) is 0. The molecule has 9 aromatic rings. The maximum absolute atomic E-state index is 9.51. The average Bonchev–Trinajstić information content (AvgIpc) is 3.33. The molecule has 0 spiro atoms. The highest BCUT2D eigenvalue weighted by atomic mass is 15.1. The predicted octanol–water partition coefficient (Wildman–Crippen LogP) is 14.1. The van der Waals surface area contributed by atoms with E-state index in [9.17, 15) is 11.0 Å². The second kappa shape index (κ2) is 13.3. The van der Waals surface area contributed by atoms with Gasteiger partial charge < -0.3 is 4.90 Å². The number of benzene rings is 9. The normalized spacial score (nSPS) is 15.3. The molecule has 1 heteroatoms. The van der Waals surface area contributed by atoms with Crippen LogP contribution in [0.25, 0.3) is 66.1 Å². The van der Waals surface area contributed by atoms with Gasteiger partial charge in [-0.3, -0.25) is 0 Å². The number of hydrogen-bond acceptors (Lipinski definition) is 1. The van der Waals surface area contributed by atoms with E-state index in [1.165, 1.54) is 0 Å². The first-order chi connectivity index (χ1) is 31.6. The molecule has 0 radical (unpaired) electrons. The largest absolute Gasteiger partial charge is 0.311 e. The van der Waals surface area contributed by atoms with Crippen molar-refractivity contribution in [2.24, 2.45) is 0 Å². The zero-order valence-electron chi connectivity index (χ0n) is 42.0. The van der Waals surface area contributed by atoms with Crippen LogP contribution in [0, 0.1) is 0 Å². The van der Waals surface area contributed by atoms with Crippen LogP contribution in [0.3, 0.4) is 0 Å². The molecule has 0 saturated heterocycles. The van der Waals surface area contributed by atoms with Gasteiger partial charge in [0.1, 0.15) is 0 Å². The molecule has 0 aliphatic rings. The molecular formula is C50H35N. The Morgan fingerprint density at radius 1 is 0.333 bits per heavy atom. The maximum atomic E-state index is 9.51. The lowest BCUT2D eigenvalue weighted by Gasteiger charge is -2.26. The molecule has 51 heavy (non-hydrogen) atoms. The van der Waals surface area contributed by atoms with E-state index in [0.29, 0.717) is 5.56 Å². The molecule has 240 valence electrons. The highest BCUT2D eigenvalue weighted by molar-refractivity contribution is 6.04. The Bertz CT molecular complexity index is 3410. The number of rotatable bonds is 7. The van der Waals surface area contributed by atoms with Gasteiger partial charge in [0.25, 0.3) is 0 Å². The fourth-order valence-electron chi connectivity index (χ4n) is 6.20. The lowest BCUT2D eigenvalue weighted by Crippen LogP contribution is -2.09. The number of hydrogen-bond donors (Lipinski definition) is 0. The minimum absolute atomic E-state index is 0.00993. The van der Waals surface area contributed by atoms with Gasteiger partial charge in [-0.2, -0.15) is 0 Å². The number of fused-ring (bicyclic) bond motifs is 2. The third-order valence-corrected chi connectivity index (χ3v) is 8.66. The van der Waals surface area contributed by atoms with Crippen molar-refractivity contribution < 1.29 is 20.6 Å². The van der Waals surface area contributed by atoms with Gasteiger partial charge in [0.2, 0.25) is 0 Å². The summed E-state index contributed by atoms with van der Waals surface area (Å²) in [6, 6.07) is 27.4. The van der Waals surface area contributed by atoms with Crippen LogP contribution in [-0.4, -0.2) is 0 Å². The van der Waals surface area contributed by atoms with Gasteiger partial charge in [-0.25, -0.2) is 0 Å². The van der Waals surface area contributed by atoms with E-state index in [-0.39, 0.29) is 16.9 Å². The second-order valence-corrected chi connectivity index (χ2v) is 11.8. The molecule has 0 aliphatic heterocycles. The quantitative estimate of drug-likeness (QED) is 0.164. The van der Waals surface area contributed by atoms with Gasteiger partial charge in [-0.15, -0.1) is 0 Å². The molecule has 0 amide bonds.